The van der Waals surface area contributed by atoms with Crippen molar-refractivity contribution in [2.24, 2.45) is 27.5 Å². The van der Waals surface area contributed by atoms with Crippen LogP contribution in [0.2, 0.25) is 0 Å². The van der Waals surface area contributed by atoms with E-state index in [1.807, 2.05) is 24.3 Å². The van der Waals surface area contributed by atoms with E-state index in [9.17, 15) is 4.79 Å². The molecule has 0 aliphatic heterocycles. The van der Waals surface area contributed by atoms with Crippen LogP contribution in [0.1, 0.15) is 82.5 Å². The molecule has 192 valence electrons. The monoisotopic (exact) mass is 488 g/mol. The highest BCUT2D eigenvalue weighted by Crippen LogP contribution is 2.26. The molecule has 1 heterocycles. The summed E-state index contributed by atoms with van der Waals surface area (Å²) >= 11 is 0. The Morgan fingerprint density at radius 3 is 1.86 bits per heavy atom. The van der Waals surface area contributed by atoms with Crippen molar-refractivity contribution in [3.63, 3.8) is 0 Å². The zero-order chi connectivity index (χ0) is 25.8. The number of rotatable bonds is 14. The lowest BCUT2D eigenvalue weighted by Crippen LogP contribution is -2.10. The minimum atomic E-state index is -0.158. The van der Waals surface area contributed by atoms with E-state index in [2.05, 4.69) is 64.5 Å². The average Bonchev–Trinajstić information content (AvgIpc) is 3.17. The summed E-state index contributed by atoms with van der Waals surface area (Å²) in [6, 6.07) is 13.9. The van der Waals surface area contributed by atoms with E-state index in [1.165, 1.54) is 41.5 Å². The van der Waals surface area contributed by atoms with E-state index < -0.39 is 0 Å². The van der Waals surface area contributed by atoms with Gasteiger partial charge in [-0.25, -0.2) is 0 Å². The number of nitrogens with one attached hydrogen (secondary N) is 1. The van der Waals surface area contributed by atoms with Crippen LogP contribution in [-0.4, -0.2) is 9.78 Å². The van der Waals surface area contributed by atoms with Crippen LogP contribution >= 0.6 is 0 Å². The highest BCUT2D eigenvalue weighted by Gasteiger charge is 2.11. The molecule has 0 atom stereocenters. The maximum absolute atomic E-state index is 12.4. The first-order chi connectivity index (χ1) is 17.5. The Morgan fingerprint density at radius 1 is 0.667 bits per heavy atom. The highest BCUT2D eigenvalue weighted by molar-refractivity contribution is 5.49. The summed E-state index contributed by atoms with van der Waals surface area (Å²) in [7, 11) is 1.70. The molecular weight excluding hydrogens is 448 g/mol. The summed E-state index contributed by atoms with van der Waals surface area (Å²) in [5.41, 5.74) is 6.18. The fourth-order valence-electron chi connectivity index (χ4n) is 4.12. The van der Waals surface area contributed by atoms with Crippen LogP contribution in [0.4, 0.5) is 22.7 Å². The molecule has 0 aliphatic carbocycles. The molecule has 7 heteroatoms. The van der Waals surface area contributed by atoms with Crippen LogP contribution in [0.3, 0.4) is 0 Å². The molecule has 1 N–H and O–H groups in total. The number of nitrogens with zero attached hydrogens (tertiary/aromatic N) is 5. The lowest BCUT2D eigenvalue weighted by atomic mass is 9.97. The highest BCUT2D eigenvalue weighted by atomic mass is 16.1. The third-order valence-corrected chi connectivity index (χ3v) is 6.31. The second-order valence-electron chi connectivity index (χ2n) is 9.34. The van der Waals surface area contributed by atoms with Crippen LogP contribution < -0.4 is 5.56 Å². The van der Waals surface area contributed by atoms with Crippen LogP contribution in [-0.2, 0) is 26.3 Å². The minimum Gasteiger partial charge on any atom is -0.298 e. The number of aromatic nitrogens is 2. The number of aromatic amines is 1. The van der Waals surface area contributed by atoms with E-state index >= 15 is 0 Å². The molecule has 36 heavy (non-hydrogen) atoms. The maximum Gasteiger partial charge on any atom is 0.294 e. The van der Waals surface area contributed by atoms with Crippen molar-refractivity contribution in [2.45, 2.75) is 85.0 Å². The zero-order valence-electron chi connectivity index (χ0n) is 22.3. The quantitative estimate of drug-likeness (QED) is 0.178. The number of unbranched alkanes of at least 4 members (excludes halogenated alkanes) is 4. The summed E-state index contributed by atoms with van der Waals surface area (Å²) in [5, 5.41) is 20.6. The SMILES string of the molecule is CCCCCc1[nH]n(C)c(=O)c1N=Nc1ccc(N=Nc2ccc(CCCC)c(CCCC)c2)cc1. The van der Waals surface area contributed by atoms with Crippen molar-refractivity contribution in [1.29, 1.82) is 0 Å². The molecule has 0 spiro atoms. The molecule has 7 nitrogen and oxygen atoms in total. The Hall–Kier alpha value is -3.35. The largest absolute Gasteiger partial charge is 0.298 e. The van der Waals surface area contributed by atoms with E-state index in [0.717, 1.165) is 55.6 Å². The van der Waals surface area contributed by atoms with Crippen molar-refractivity contribution in [2.75, 3.05) is 0 Å². The van der Waals surface area contributed by atoms with Gasteiger partial charge in [0.05, 0.1) is 22.8 Å². The fraction of sp³-hybridized carbons (Fsp3) is 0.483. The van der Waals surface area contributed by atoms with Crippen LogP contribution in [0.5, 0.6) is 0 Å². The molecule has 0 bridgehead atoms. The van der Waals surface area contributed by atoms with Crippen LogP contribution in [0.15, 0.2) is 67.7 Å². The van der Waals surface area contributed by atoms with E-state index in [-0.39, 0.29) is 5.56 Å². The number of azo groups is 2. The first kappa shape index (κ1) is 27.2. The van der Waals surface area contributed by atoms with Gasteiger partial charge < -0.3 is 0 Å². The Balaban J connectivity index is 1.69. The fourth-order valence-corrected chi connectivity index (χ4v) is 4.12. The van der Waals surface area contributed by atoms with Crippen molar-refractivity contribution in [3.8, 4) is 0 Å². The first-order valence-corrected chi connectivity index (χ1v) is 13.4. The van der Waals surface area contributed by atoms with Crippen LogP contribution in [0, 0.1) is 0 Å². The van der Waals surface area contributed by atoms with Crippen molar-refractivity contribution < 1.29 is 0 Å². The molecule has 0 fully saturated rings. The van der Waals surface area contributed by atoms with E-state index in [1.54, 1.807) is 7.05 Å². The smallest absolute Gasteiger partial charge is 0.294 e. The molecule has 0 unspecified atom stereocenters. The molecule has 2 aromatic carbocycles. The third kappa shape index (κ3) is 7.83. The molecular formula is C29H40N6O. The normalized spacial score (nSPS) is 11.8. The van der Waals surface area contributed by atoms with Crippen LogP contribution in [0.25, 0.3) is 0 Å². The summed E-state index contributed by atoms with van der Waals surface area (Å²) in [6.07, 6.45) is 11.0. The molecule has 0 saturated carbocycles. The maximum atomic E-state index is 12.4. The second kappa shape index (κ2) is 14.3. The summed E-state index contributed by atoms with van der Waals surface area (Å²) in [4.78, 5) is 12.4. The number of benzene rings is 2. The molecule has 3 aromatic rings. The first-order valence-electron chi connectivity index (χ1n) is 13.4. The van der Waals surface area contributed by atoms with Gasteiger partial charge in [-0.3, -0.25) is 14.6 Å². The van der Waals surface area contributed by atoms with E-state index in [0.29, 0.717) is 11.4 Å². The molecule has 0 saturated heterocycles. The summed E-state index contributed by atoms with van der Waals surface area (Å²) in [5.74, 6) is 0. The van der Waals surface area contributed by atoms with Gasteiger partial charge in [0.15, 0.2) is 5.69 Å². The van der Waals surface area contributed by atoms with Crippen molar-refractivity contribution >= 4 is 22.7 Å². The summed E-state index contributed by atoms with van der Waals surface area (Å²) < 4.78 is 1.46. The lowest BCUT2D eigenvalue weighted by Gasteiger charge is -2.09. The van der Waals surface area contributed by atoms with Gasteiger partial charge >= 0.3 is 0 Å². The summed E-state index contributed by atoms with van der Waals surface area (Å²) in [6.45, 7) is 6.61. The standard InChI is InChI=1S/C29H40N6O/c1-5-8-11-14-27-28(29(36)35(4)34-27)33-31-25-19-17-24(18-20-25)30-32-26-16-15-22(12-9-6-2)23(21-26)13-10-7-3/h15-21,34H,5-14H2,1-4H3. The number of aryl methyl sites for hydroxylation is 4. The molecule has 0 radical (unpaired) electrons. The Kier molecular flexibility index (Phi) is 10.8. The van der Waals surface area contributed by atoms with Gasteiger partial charge in [0, 0.05) is 7.05 Å². The van der Waals surface area contributed by atoms with Gasteiger partial charge in [0.25, 0.3) is 5.56 Å². The van der Waals surface area contributed by atoms with Gasteiger partial charge in [0.2, 0.25) is 0 Å². The third-order valence-electron chi connectivity index (χ3n) is 6.31. The molecule has 0 amide bonds. The number of H-pyrrole nitrogens is 1. The van der Waals surface area contributed by atoms with Gasteiger partial charge in [-0.05, 0) is 86.1 Å². The minimum absolute atomic E-state index is 0.158. The number of hydrogen-bond acceptors (Lipinski definition) is 5. The van der Waals surface area contributed by atoms with Crippen molar-refractivity contribution in [3.05, 3.63) is 69.6 Å². The predicted octanol–water partition coefficient (Wildman–Crippen LogP) is 8.96. The Morgan fingerprint density at radius 2 is 1.22 bits per heavy atom. The molecule has 3 rings (SSSR count). The lowest BCUT2D eigenvalue weighted by molar-refractivity contribution is 0.676. The van der Waals surface area contributed by atoms with E-state index in [4.69, 9.17) is 0 Å². The van der Waals surface area contributed by atoms with Crippen molar-refractivity contribution in [1.82, 2.24) is 9.78 Å². The van der Waals surface area contributed by atoms with Gasteiger partial charge in [-0.1, -0.05) is 52.5 Å². The molecule has 1 aromatic heterocycles. The predicted molar refractivity (Wildman–Crippen MR) is 148 cm³/mol. The second-order valence-corrected chi connectivity index (χ2v) is 9.34. The average molecular weight is 489 g/mol. The topological polar surface area (TPSA) is 87.2 Å². The van der Waals surface area contributed by atoms with Gasteiger partial charge in [-0.2, -0.15) is 15.3 Å². The van der Waals surface area contributed by atoms with Gasteiger partial charge in [-0.15, -0.1) is 5.11 Å². The van der Waals surface area contributed by atoms with Gasteiger partial charge in [0.1, 0.15) is 0 Å². The Labute approximate surface area is 214 Å². The number of hydrogen-bond donors (Lipinski definition) is 1. The zero-order valence-corrected chi connectivity index (χ0v) is 22.3. The molecule has 0 aliphatic rings. The Bertz CT molecular complexity index is 1200.